The van der Waals surface area contributed by atoms with Gasteiger partial charge in [-0.05, 0) is 90.0 Å². The first-order valence-electron chi connectivity index (χ1n) is 16.2. The lowest BCUT2D eigenvalue weighted by Crippen LogP contribution is -2.16. The molecular weight excluding hydrogens is 555 g/mol. The normalized spacial score (nSPS) is 13.6. The van der Waals surface area contributed by atoms with Crippen LogP contribution in [0.1, 0.15) is 25.0 Å². The average Bonchev–Trinajstić information content (AvgIpc) is 3.57. The average molecular weight is 586 g/mol. The fourth-order valence-electron chi connectivity index (χ4n) is 8.47. The van der Waals surface area contributed by atoms with Gasteiger partial charge < -0.3 is 4.57 Å². The molecule has 0 unspecified atom stereocenters. The number of benzene rings is 8. The largest absolute Gasteiger partial charge is 0.309 e. The van der Waals surface area contributed by atoms with Crippen LogP contribution in [0.3, 0.4) is 0 Å². The summed E-state index contributed by atoms with van der Waals surface area (Å²) in [5.41, 5.74) is 11.6. The van der Waals surface area contributed by atoms with Crippen molar-refractivity contribution in [1.82, 2.24) is 4.57 Å². The molecule has 10 rings (SSSR count). The van der Waals surface area contributed by atoms with Gasteiger partial charge in [0, 0.05) is 21.9 Å². The van der Waals surface area contributed by atoms with Crippen LogP contribution in [0.15, 0.2) is 152 Å². The lowest BCUT2D eigenvalue weighted by atomic mass is 9.81. The zero-order valence-electron chi connectivity index (χ0n) is 25.9. The fourth-order valence-corrected chi connectivity index (χ4v) is 8.47. The van der Waals surface area contributed by atoms with E-state index in [2.05, 4.69) is 170 Å². The molecule has 0 saturated heterocycles. The van der Waals surface area contributed by atoms with Crippen molar-refractivity contribution in [2.75, 3.05) is 0 Å². The van der Waals surface area contributed by atoms with Crippen molar-refractivity contribution in [2.45, 2.75) is 19.3 Å². The van der Waals surface area contributed by atoms with Gasteiger partial charge in [0.15, 0.2) is 0 Å². The Morgan fingerprint density at radius 3 is 1.67 bits per heavy atom. The quantitative estimate of drug-likeness (QED) is 0.178. The molecule has 1 heterocycles. The summed E-state index contributed by atoms with van der Waals surface area (Å²) in [6.45, 7) is 4.77. The molecule has 0 bridgehead atoms. The number of nitrogens with zero attached hydrogens (tertiary/aromatic N) is 1. The molecule has 0 N–H and O–H groups in total. The molecule has 0 aliphatic heterocycles. The van der Waals surface area contributed by atoms with Gasteiger partial charge in [0.2, 0.25) is 0 Å². The second-order valence-corrected chi connectivity index (χ2v) is 13.3. The molecule has 1 aliphatic carbocycles. The number of rotatable bonds is 2. The van der Waals surface area contributed by atoms with E-state index < -0.39 is 0 Å². The van der Waals surface area contributed by atoms with Crippen molar-refractivity contribution in [3.05, 3.63) is 163 Å². The Bertz CT molecular complexity index is 2670. The summed E-state index contributed by atoms with van der Waals surface area (Å²) in [6.07, 6.45) is 0. The molecule has 1 aromatic heterocycles. The molecule has 46 heavy (non-hydrogen) atoms. The van der Waals surface area contributed by atoms with E-state index in [-0.39, 0.29) is 5.41 Å². The van der Waals surface area contributed by atoms with E-state index in [9.17, 15) is 0 Å². The van der Waals surface area contributed by atoms with Gasteiger partial charge in [-0.1, -0.05) is 141 Å². The predicted octanol–water partition coefficient (Wildman–Crippen LogP) is 12.2. The van der Waals surface area contributed by atoms with E-state index in [1.807, 2.05) is 0 Å². The van der Waals surface area contributed by atoms with Crippen LogP contribution in [0.4, 0.5) is 0 Å². The van der Waals surface area contributed by atoms with Crippen molar-refractivity contribution in [1.29, 1.82) is 0 Å². The van der Waals surface area contributed by atoms with Crippen LogP contribution in [-0.4, -0.2) is 4.57 Å². The molecule has 1 nitrogen and oxygen atoms in total. The highest BCUT2D eigenvalue weighted by Crippen LogP contribution is 2.53. The molecule has 0 spiro atoms. The van der Waals surface area contributed by atoms with Crippen molar-refractivity contribution in [2.24, 2.45) is 0 Å². The fraction of sp³-hybridized carbons (Fsp3) is 0.0667. The Kier molecular flexibility index (Phi) is 5.12. The van der Waals surface area contributed by atoms with Gasteiger partial charge in [-0.3, -0.25) is 0 Å². The summed E-state index contributed by atoms with van der Waals surface area (Å²) in [4.78, 5) is 0. The zero-order valence-corrected chi connectivity index (χ0v) is 25.9. The molecule has 216 valence electrons. The van der Waals surface area contributed by atoms with E-state index in [1.165, 1.54) is 93.2 Å². The predicted molar refractivity (Wildman–Crippen MR) is 196 cm³/mol. The van der Waals surface area contributed by atoms with Gasteiger partial charge in [-0.2, -0.15) is 0 Å². The molecule has 8 aromatic carbocycles. The van der Waals surface area contributed by atoms with E-state index in [0.29, 0.717) is 0 Å². The number of hydrogen-bond acceptors (Lipinski definition) is 0. The number of hydrogen-bond donors (Lipinski definition) is 0. The third-order valence-electron chi connectivity index (χ3n) is 10.6. The second kappa shape index (κ2) is 9.19. The molecule has 1 aliphatic rings. The summed E-state index contributed by atoms with van der Waals surface area (Å²) in [5.74, 6) is 0. The van der Waals surface area contributed by atoms with Crippen LogP contribution in [-0.2, 0) is 5.41 Å². The zero-order chi connectivity index (χ0) is 30.6. The molecule has 0 amide bonds. The molecular formula is C45H31N. The van der Waals surface area contributed by atoms with Gasteiger partial charge in [0.25, 0.3) is 0 Å². The van der Waals surface area contributed by atoms with Crippen LogP contribution in [0.25, 0.3) is 82.1 Å². The lowest BCUT2D eigenvalue weighted by molar-refractivity contribution is 0.664. The summed E-state index contributed by atoms with van der Waals surface area (Å²) < 4.78 is 2.50. The molecule has 0 atom stereocenters. The highest BCUT2D eigenvalue weighted by Gasteiger charge is 2.38. The van der Waals surface area contributed by atoms with Crippen LogP contribution in [0, 0.1) is 0 Å². The highest BCUT2D eigenvalue weighted by molar-refractivity contribution is 6.25. The smallest absolute Gasteiger partial charge is 0.0588 e. The van der Waals surface area contributed by atoms with Gasteiger partial charge in [-0.15, -0.1) is 0 Å². The Morgan fingerprint density at radius 1 is 0.413 bits per heavy atom. The molecule has 1 heteroatoms. The third-order valence-corrected chi connectivity index (χ3v) is 10.6. The summed E-state index contributed by atoms with van der Waals surface area (Å²) >= 11 is 0. The lowest BCUT2D eigenvalue weighted by Gasteiger charge is -2.23. The maximum absolute atomic E-state index is 2.50. The number of para-hydroxylation sites is 1. The maximum atomic E-state index is 2.50. The maximum Gasteiger partial charge on any atom is 0.0588 e. The minimum absolute atomic E-state index is 0.102. The first-order valence-corrected chi connectivity index (χ1v) is 16.2. The Balaban J connectivity index is 1.18. The highest BCUT2D eigenvalue weighted by atomic mass is 15.0. The van der Waals surface area contributed by atoms with Crippen LogP contribution < -0.4 is 0 Å². The Labute approximate surface area is 268 Å². The second-order valence-electron chi connectivity index (χ2n) is 13.3. The van der Waals surface area contributed by atoms with E-state index in [1.54, 1.807) is 0 Å². The van der Waals surface area contributed by atoms with E-state index in [4.69, 9.17) is 0 Å². The van der Waals surface area contributed by atoms with Gasteiger partial charge >= 0.3 is 0 Å². The van der Waals surface area contributed by atoms with Crippen LogP contribution in [0.5, 0.6) is 0 Å². The van der Waals surface area contributed by atoms with Crippen molar-refractivity contribution < 1.29 is 0 Å². The first kappa shape index (κ1) is 25.6. The molecule has 0 saturated carbocycles. The number of fused-ring (bicyclic) bond motifs is 13. The van der Waals surface area contributed by atoms with E-state index >= 15 is 0 Å². The van der Waals surface area contributed by atoms with E-state index in [0.717, 1.165) is 0 Å². The van der Waals surface area contributed by atoms with Crippen LogP contribution in [0.2, 0.25) is 0 Å². The Hall–Kier alpha value is -5.66. The van der Waals surface area contributed by atoms with Gasteiger partial charge in [0.05, 0.1) is 11.0 Å². The molecule has 0 fully saturated rings. The molecule has 9 aromatic rings. The summed E-state index contributed by atoms with van der Waals surface area (Å²) in [7, 11) is 0. The standard InChI is InChI=1S/C45H31N/c1-45(2)41-17-9-7-15-36(41)38-25-26-39-37-16-8-10-18-42(37)46(44(39)43(38)45)30-22-19-28(20-23-30)29-21-24-35-33-13-4-3-11-31(33)32-12-5-6-14-34(32)40(35)27-29/h3-27H,1-2H3. The van der Waals surface area contributed by atoms with Gasteiger partial charge in [-0.25, -0.2) is 0 Å². The Morgan fingerprint density at radius 2 is 0.957 bits per heavy atom. The minimum Gasteiger partial charge on any atom is -0.309 e. The number of aromatic nitrogens is 1. The molecule has 0 radical (unpaired) electrons. The van der Waals surface area contributed by atoms with Crippen molar-refractivity contribution >= 4 is 54.1 Å². The minimum atomic E-state index is -0.102. The summed E-state index contributed by atoms with van der Waals surface area (Å²) in [6, 6.07) is 56.2. The third kappa shape index (κ3) is 3.35. The summed E-state index contributed by atoms with van der Waals surface area (Å²) in [5, 5.41) is 10.4. The van der Waals surface area contributed by atoms with Crippen molar-refractivity contribution in [3.8, 4) is 27.9 Å². The monoisotopic (exact) mass is 585 g/mol. The van der Waals surface area contributed by atoms with Crippen molar-refractivity contribution in [3.63, 3.8) is 0 Å². The van der Waals surface area contributed by atoms with Crippen LogP contribution >= 0.6 is 0 Å². The van der Waals surface area contributed by atoms with Gasteiger partial charge in [0.1, 0.15) is 0 Å². The topological polar surface area (TPSA) is 4.93 Å². The first-order chi connectivity index (χ1) is 22.6. The SMILES string of the molecule is CC1(C)c2ccccc2-c2ccc3c4ccccc4n(-c4ccc(-c5ccc6c7ccccc7c7ccccc7c6c5)cc4)c3c21.